The van der Waals surface area contributed by atoms with Crippen LogP contribution in [0.5, 0.6) is 0 Å². The largest absolute Gasteiger partial charge is 0.467 e. The molecule has 0 bridgehead atoms. The normalized spacial score (nSPS) is 12.7. The summed E-state index contributed by atoms with van der Waals surface area (Å²) in [7, 11) is 0. The van der Waals surface area contributed by atoms with Crippen molar-refractivity contribution in [2.45, 2.75) is 53.2 Å². The number of hydrogen-bond acceptors (Lipinski definition) is 4. The third-order valence-corrected chi connectivity index (χ3v) is 3.73. The van der Waals surface area contributed by atoms with Gasteiger partial charge in [-0.1, -0.05) is 13.8 Å². The van der Waals surface area contributed by atoms with E-state index in [1.54, 1.807) is 6.26 Å². The van der Waals surface area contributed by atoms with Crippen LogP contribution in [0.25, 0.3) is 0 Å². The fourth-order valence-corrected chi connectivity index (χ4v) is 2.42. The van der Waals surface area contributed by atoms with E-state index >= 15 is 0 Å². The second-order valence-electron chi connectivity index (χ2n) is 6.20. The summed E-state index contributed by atoms with van der Waals surface area (Å²) in [5, 5.41) is 6.65. The van der Waals surface area contributed by atoms with Crippen molar-refractivity contribution in [2.75, 3.05) is 32.8 Å². The van der Waals surface area contributed by atoms with Gasteiger partial charge in [-0.15, -0.1) is 24.0 Å². The van der Waals surface area contributed by atoms with E-state index in [0.717, 1.165) is 50.8 Å². The third-order valence-electron chi connectivity index (χ3n) is 3.73. The van der Waals surface area contributed by atoms with Gasteiger partial charge in [-0.25, -0.2) is 0 Å². The van der Waals surface area contributed by atoms with E-state index in [1.807, 2.05) is 19.1 Å². The minimum Gasteiger partial charge on any atom is -0.467 e. The summed E-state index contributed by atoms with van der Waals surface area (Å²) in [6.07, 6.45) is 3.80. The molecule has 0 saturated carbocycles. The average Bonchev–Trinajstić information content (AvgIpc) is 3.10. The van der Waals surface area contributed by atoms with E-state index in [2.05, 4.69) is 36.4 Å². The van der Waals surface area contributed by atoms with Crippen LogP contribution in [0.3, 0.4) is 0 Å². The first-order valence-electron chi connectivity index (χ1n) is 9.41. The van der Waals surface area contributed by atoms with E-state index in [-0.39, 0.29) is 30.1 Å². The maximum Gasteiger partial charge on any atom is 0.191 e. The molecular weight excluding hydrogens is 445 g/mol. The fourth-order valence-electron chi connectivity index (χ4n) is 2.42. The highest BCUT2D eigenvalue weighted by molar-refractivity contribution is 14.0. The van der Waals surface area contributed by atoms with Gasteiger partial charge in [0.15, 0.2) is 5.96 Å². The predicted molar refractivity (Wildman–Crippen MR) is 117 cm³/mol. The molecule has 0 fully saturated rings. The topological polar surface area (TPSA) is 68.0 Å². The number of hydrogen-bond donors (Lipinski definition) is 2. The van der Waals surface area contributed by atoms with Crippen molar-refractivity contribution >= 4 is 29.9 Å². The summed E-state index contributed by atoms with van der Waals surface area (Å²) in [5.74, 6) is 2.23. The number of nitrogens with one attached hydrogen (secondary N) is 2. The molecule has 0 spiro atoms. The molecule has 0 aliphatic heterocycles. The highest BCUT2D eigenvalue weighted by Crippen LogP contribution is 2.09. The smallest absolute Gasteiger partial charge is 0.191 e. The Kier molecular flexibility index (Phi) is 15.9. The lowest BCUT2D eigenvalue weighted by Gasteiger charge is -2.21. The number of furan rings is 1. The van der Waals surface area contributed by atoms with Gasteiger partial charge >= 0.3 is 0 Å². The molecule has 7 heteroatoms. The zero-order chi connectivity index (χ0) is 18.3. The molecule has 0 aliphatic carbocycles. The van der Waals surface area contributed by atoms with Crippen molar-refractivity contribution in [3.05, 3.63) is 24.2 Å². The van der Waals surface area contributed by atoms with Crippen LogP contribution in [0.2, 0.25) is 0 Å². The average molecular weight is 481 g/mol. The van der Waals surface area contributed by atoms with Crippen molar-refractivity contribution in [1.29, 1.82) is 0 Å². The number of nitrogens with zero attached hydrogens (tertiary/aromatic N) is 1. The molecule has 1 atom stereocenters. The van der Waals surface area contributed by atoms with Gasteiger partial charge in [0.2, 0.25) is 0 Å². The quantitative estimate of drug-likeness (QED) is 0.194. The van der Waals surface area contributed by atoms with Gasteiger partial charge in [0.25, 0.3) is 0 Å². The molecule has 1 heterocycles. The van der Waals surface area contributed by atoms with Crippen LogP contribution < -0.4 is 10.6 Å². The summed E-state index contributed by atoms with van der Waals surface area (Å²) >= 11 is 0. The Morgan fingerprint density at radius 3 is 2.69 bits per heavy atom. The molecular formula is C19H36IN3O3. The molecule has 0 aliphatic rings. The zero-order valence-corrected chi connectivity index (χ0v) is 19.0. The number of ether oxygens (including phenoxy) is 2. The van der Waals surface area contributed by atoms with Gasteiger partial charge in [-0.3, -0.25) is 4.99 Å². The van der Waals surface area contributed by atoms with Crippen LogP contribution in [-0.4, -0.2) is 44.9 Å². The van der Waals surface area contributed by atoms with Crippen molar-refractivity contribution in [3.8, 4) is 0 Å². The number of rotatable bonds is 13. The first-order chi connectivity index (χ1) is 12.2. The summed E-state index contributed by atoms with van der Waals surface area (Å²) in [5.41, 5.74) is 0. The van der Waals surface area contributed by atoms with Crippen LogP contribution in [0.15, 0.2) is 27.8 Å². The highest BCUT2D eigenvalue weighted by atomic mass is 127. The Hall–Kier alpha value is -0.800. The molecule has 26 heavy (non-hydrogen) atoms. The number of halogens is 1. The standard InChI is InChI=1S/C19H35N3O3.HI/c1-5-20-19(22-12-10-18(16(3)4)24-6-2)21-11-8-13-23-15-17-9-7-14-25-17;/h7,9,14,16,18H,5-6,8,10-13,15H2,1-4H3,(H2,20,21,22);1H. The van der Waals surface area contributed by atoms with Gasteiger partial charge < -0.3 is 24.5 Å². The number of aliphatic imine (C=N–C) groups is 1. The van der Waals surface area contributed by atoms with Gasteiger partial charge in [0, 0.05) is 32.8 Å². The second kappa shape index (κ2) is 16.4. The van der Waals surface area contributed by atoms with Gasteiger partial charge in [-0.2, -0.15) is 0 Å². The van der Waals surface area contributed by atoms with E-state index in [9.17, 15) is 0 Å². The molecule has 0 aromatic carbocycles. The molecule has 1 unspecified atom stereocenters. The van der Waals surface area contributed by atoms with Crippen molar-refractivity contribution in [2.24, 2.45) is 10.9 Å². The first-order valence-corrected chi connectivity index (χ1v) is 9.41. The van der Waals surface area contributed by atoms with Crippen LogP contribution in [0.1, 0.15) is 46.3 Å². The highest BCUT2D eigenvalue weighted by Gasteiger charge is 2.12. The molecule has 0 radical (unpaired) electrons. The maximum absolute atomic E-state index is 5.78. The second-order valence-corrected chi connectivity index (χ2v) is 6.20. The molecule has 152 valence electrons. The van der Waals surface area contributed by atoms with Gasteiger partial charge in [0.1, 0.15) is 12.4 Å². The third kappa shape index (κ3) is 11.7. The predicted octanol–water partition coefficient (Wildman–Crippen LogP) is 3.81. The van der Waals surface area contributed by atoms with Crippen LogP contribution in [0, 0.1) is 5.92 Å². The molecule has 1 aromatic rings. The summed E-state index contributed by atoms with van der Waals surface area (Å²) in [4.78, 5) is 4.59. The van der Waals surface area contributed by atoms with Crippen LogP contribution >= 0.6 is 24.0 Å². The lowest BCUT2D eigenvalue weighted by molar-refractivity contribution is 0.0258. The molecule has 6 nitrogen and oxygen atoms in total. The van der Waals surface area contributed by atoms with E-state index in [1.165, 1.54) is 0 Å². The van der Waals surface area contributed by atoms with Gasteiger partial charge in [-0.05, 0) is 44.7 Å². The monoisotopic (exact) mass is 481 g/mol. The summed E-state index contributed by atoms with van der Waals surface area (Å²) in [6.45, 7) is 12.9. The molecule has 1 aromatic heterocycles. The molecule has 1 rings (SSSR count). The Balaban J connectivity index is 0.00000625. The van der Waals surface area contributed by atoms with E-state index < -0.39 is 0 Å². The molecule has 0 amide bonds. The summed E-state index contributed by atoms with van der Waals surface area (Å²) in [6, 6.07) is 3.78. The Bertz CT molecular complexity index is 453. The Morgan fingerprint density at radius 1 is 1.27 bits per heavy atom. The maximum atomic E-state index is 5.78. The minimum absolute atomic E-state index is 0. The van der Waals surface area contributed by atoms with Crippen LogP contribution in [-0.2, 0) is 16.1 Å². The van der Waals surface area contributed by atoms with Crippen molar-refractivity contribution in [1.82, 2.24) is 10.6 Å². The van der Waals surface area contributed by atoms with Gasteiger partial charge in [0.05, 0.1) is 12.4 Å². The minimum atomic E-state index is 0. The van der Waals surface area contributed by atoms with Crippen molar-refractivity contribution in [3.63, 3.8) is 0 Å². The van der Waals surface area contributed by atoms with Crippen LogP contribution in [0.4, 0.5) is 0 Å². The van der Waals surface area contributed by atoms with E-state index in [4.69, 9.17) is 13.9 Å². The van der Waals surface area contributed by atoms with Crippen molar-refractivity contribution < 1.29 is 13.9 Å². The Morgan fingerprint density at radius 2 is 2.08 bits per heavy atom. The lowest BCUT2D eigenvalue weighted by Crippen LogP contribution is -2.39. The Labute approximate surface area is 175 Å². The lowest BCUT2D eigenvalue weighted by atomic mass is 10.0. The summed E-state index contributed by atoms with van der Waals surface area (Å²) < 4.78 is 16.6. The van der Waals surface area contributed by atoms with E-state index in [0.29, 0.717) is 19.1 Å². The molecule has 0 saturated heterocycles. The SMILES string of the molecule is CCNC(=NCCCOCc1ccco1)NCCC(OCC)C(C)C.I. The first kappa shape index (κ1) is 25.2. The molecule has 2 N–H and O–H groups in total. The zero-order valence-electron chi connectivity index (χ0n) is 16.6. The number of guanidine groups is 1. The fraction of sp³-hybridized carbons (Fsp3) is 0.737.